The smallest absolute Gasteiger partial charge is 0.161 e. The molecule has 1 aromatic carbocycles. The standard InChI is InChI=1S/C20H27NO3/c1-22-16-7-6-15-8-10-21-9-4-5-14-11-18(23-2)19(24-3)12-17(14)20(15,21)13-16/h8,11-12,16H,4-7,9-10,13H2,1-3H3/t16-,20?/m1/s1. The van der Waals surface area contributed by atoms with Gasteiger partial charge >= 0.3 is 0 Å². The number of nitrogens with zero attached hydrogens (tertiary/aromatic N) is 1. The van der Waals surface area contributed by atoms with Gasteiger partial charge in [0.2, 0.25) is 0 Å². The molecule has 0 amide bonds. The van der Waals surface area contributed by atoms with Crippen molar-refractivity contribution in [3.8, 4) is 11.5 Å². The fraction of sp³-hybridized carbons (Fsp3) is 0.600. The first kappa shape index (κ1) is 16.0. The van der Waals surface area contributed by atoms with E-state index < -0.39 is 0 Å². The quantitative estimate of drug-likeness (QED) is 0.796. The molecule has 1 saturated carbocycles. The summed E-state index contributed by atoms with van der Waals surface area (Å²) in [6.45, 7) is 2.19. The Kier molecular flexibility index (Phi) is 4.05. The Morgan fingerprint density at radius 1 is 1.08 bits per heavy atom. The molecule has 0 bridgehead atoms. The Bertz CT molecular complexity index is 669. The molecule has 3 aliphatic rings. The Labute approximate surface area is 144 Å². The highest BCUT2D eigenvalue weighted by molar-refractivity contribution is 5.54. The van der Waals surface area contributed by atoms with E-state index in [1.165, 1.54) is 17.5 Å². The van der Waals surface area contributed by atoms with E-state index in [1.54, 1.807) is 19.8 Å². The lowest BCUT2D eigenvalue weighted by Crippen LogP contribution is -2.48. The van der Waals surface area contributed by atoms with Crippen LogP contribution in [-0.4, -0.2) is 45.4 Å². The fourth-order valence-electron chi connectivity index (χ4n) is 4.98. The minimum Gasteiger partial charge on any atom is -0.493 e. The lowest BCUT2D eigenvalue weighted by Gasteiger charge is -2.46. The normalized spacial score (nSPS) is 29.1. The first-order valence-electron chi connectivity index (χ1n) is 8.95. The van der Waals surface area contributed by atoms with Crippen molar-refractivity contribution >= 4 is 0 Å². The van der Waals surface area contributed by atoms with Gasteiger partial charge in [-0.05, 0) is 61.1 Å². The lowest BCUT2D eigenvalue weighted by molar-refractivity contribution is 0.0147. The third kappa shape index (κ3) is 2.20. The van der Waals surface area contributed by atoms with Crippen molar-refractivity contribution < 1.29 is 14.2 Å². The van der Waals surface area contributed by atoms with E-state index in [0.29, 0.717) is 6.10 Å². The van der Waals surface area contributed by atoms with Crippen LogP contribution in [0.15, 0.2) is 23.8 Å². The van der Waals surface area contributed by atoms with Gasteiger partial charge in [-0.1, -0.05) is 6.08 Å². The molecule has 2 atom stereocenters. The average molecular weight is 329 g/mol. The first-order chi connectivity index (χ1) is 11.7. The van der Waals surface area contributed by atoms with Crippen molar-refractivity contribution in [2.45, 2.75) is 43.7 Å². The van der Waals surface area contributed by atoms with Crippen LogP contribution >= 0.6 is 0 Å². The SMILES string of the molecule is COc1cc2c(cc1OC)C13C[C@H](OC)CCC1=CCN3CCC2. The van der Waals surface area contributed by atoms with Crippen LogP contribution in [0.5, 0.6) is 11.5 Å². The number of hydrogen-bond donors (Lipinski definition) is 0. The van der Waals surface area contributed by atoms with Gasteiger partial charge in [-0.15, -0.1) is 0 Å². The lowest BCUT2D eigenvalue weighted by atomic mass is 9.71. The summed E-state index contributed by atoms with van der Waals surface area (Å²) in [5.74, 6) is 1.67. The van der Waals surface area contributed by atoms with Crippen molar-refractivity contribution in [2.75, 3.05) is 34.4 Å². The first-order valence-corrected chi connectivity index (χ1v) is 8.95. The summed E-state index contributed by atoms with van der Waals surface area (Å²) >= 11 is 0. The third-order valence-corrected chi connectivity index (χ3v) is 6.15. The number of ether oxygens (including phenoxy) is 3. The molecular weight excluding hydrogens is 302 g/mol. The van der Waals surface area contributed by atoms with Crippen LogP contribution in [0.3, 0.4) is 0 Å². The zero-order chi connectivity index (χ0) is 16.7. The Balaban J connectivity index is 1.90. The Hall–Kier alpha value is -1.52. The van der Waals surface area contributed by atoms with Crippen LogP contribution < -0.4 is 9.47 Å². The van der Waals surface area contributed by atoms with E-state index in [4.69, 9.17) is 14.2 Å². The molecule has 0 N–H and O–H groups in total. The molecule has 1 fully saturated rings. The highest BCUT2D eigenvalue weighted by Crippen LogP contribution is 2.53. The number of hydrogen-bond acceptors (Lipinski definition) is 4. The van der Waals surface area contributed by atoms with E-state index in [2.05, 4.69) is 23.1 Å². The molecule has 4 heteroatoms. The van der Waals surface area contributed by atoms with Crippen LogP contribution in [0.1, 0.15) is 36.8 Å². The zero-order valence-electron chi connectivity index (χ0n) is 14.9. The average Bonchev–Trinajstić information content (AvgIpc) is 2.92. The second kappa shape index (κ2) is 6.08. The van der Waals surface area contributed by atoms with Crippen LogP contribution in [0, 0.1) is 0 Å². The van der Waals surface area contributed by atoms with Gasteiger partial charge in [0.15, 0.2) is 11.5 Å². The Morgan fingerprint density at radius 3 is 2.62 bits per heavy atom. The van der Waals surface area contributed by atoms with Crippen LogP contribution in [0.2, 0.25) is 0 Å². The molecule has 1 spiro atoms. The van der Waals surface area contributed by atoms with Gasteiger partial charge in [-0.3, -0.25) is 4.90 Å². The summed E-state index contributed by atoms with van der Waals surface area (Å²) in [4.78, 5) is 2.66. The highest BCUT2D eigenvalue weighted by Gasteiger charge is 2.50. The van der Waals surface area contributed by atoms with Crippen molar-refractivity contribution in [3.05, 3.63) is 34.9 Å². The number of methoxy groups -OCH3 is 3. The maximum atomic E-state index is 5.79. The molecule has 1 unspecified atom stereocenters. The summed E-state index contributed by atoms with van der Waals surface area (Å²) in [5.41, 5.74) is 4.37. The van der Waals surface area contributed by atoms with Gasteiger partial charge in [0, 0.05) is 20.1 Å². The molecule has 4 rings (SSSR count). The van der Waals surface area contributed by atoms with E-state index in [1.807, 2.05) is 7.11 Å². The second-order valence-corrected chi connectivity index (χ2v) is 7.10. The van der Waals surface area contributed by atoms with Crippen LogP contribution in [0.4, 0.5) is 0 Å². The molecule has 1 aliphatic carbocycles. The number of rotatable bonds is 3. The molecule has 0 saturated heterocycles. The molecule has 2 aliphatic heterocycles. The molecule has 0 radical (unpaired) electrons. The molecule has 24 heavy (non-hydrogen) atoms. The molecule has 2 heterocycles. The third-order valence-electron chi connectivity index (χ3n) is 6.15. The highest BCUT2D eigenvalue weighted by atomic mass is 16.5. The molecule has 4 nitrogen and oxygen atoms in total. The van der Waals surface area contributed by atoms with Gasteiger partial charge in [0.25, 0.3) is 0 Å². The topological polar surface area (TPSA) is 30.9 Å². The summed E-state index contributed by atoms with van der Waals surface area (Å²) in [5, 5.41) is 0. The molecule has 130 valence electrons. The minimum absolute atomic E-state index is 0.00961. The summed E-state index contributed by atoms with van der Waals surface area (Å²) in [6, 6.07) is 4.42. The van der Waals surface area contributed by atoms with Crippen LogP contribution in [-0.2, 0) is 16.7 Å². The van der Waals surface area contributed by atoms with Crippen LogP contribution in [0.25, 0.3) is 0 Å². The minimum atomic E-state index is -0.00961. The number of aryl methyl sites for hydroxylation is 1. The predicted octanol–water partition coefficient (Wildman–Crippen LogP) is 3.29. The fourth-order valence-corrected chi connectivity index (χ4v) is 4.98. The van der Waals surface area contributed by atoms with Gasteiger partial charge in [-0.25, -0.2) is 0 Å². The van der Waals surface area contributed by atoms with E-state index in [-0.39, 0.29) is 5.54 Å². The molecular formula is C20H27NO3. The zero-order valence-corrected chi connectivity index (χ0v) is 14.9. The van der Waals surface area contributed by atoms with E-state index >= 15 is 0 Å². The van der Waals surface area contributed by atoms with Gasteiger partial charge in [-0.2, -0.15) is 0 Å². The molecule has 1 aromatic rings. The van der Waals surface area contributed by atoms with Gasteiger partial charge in [0.05, 0.1) is 25.9 Å². The van der Waals surface area contributed by atoms with Gasteiger partial charge in [0.1, 0.15) is 0 Å². The number of fused-ring (bicyclic) bond motifs is 1. The summed E-state index contributed by atoms with van der Waals surface area (Å²) < 4.78 is 17.0. The van der Waals surface area contributed by atoms with Crippen molar-refractivity contribution in [3.63, 3.8) is 0 Å². The summed E-state index contributed by atoms with van der Waals surface area (Å²) in [7, 11) is 5.29. The van der Waals surface area contributed by atoms with E-state index in [0.717, 1.165) is 50.3 Å². The van der Waals surface area contributed by atoms with Crippen molar-refractivity contribution in [1.29, 1.82) is 0 Å². The predicted molar refractivity (Wildman–Crippen MR) is 93.8 cm³/mol. The van der Waals surface area contributed by atoms with E-state index in [9.17, 15) is 0 Å². The largest absolute Gasteiger partial charge is 0.493 e. The maximum absolute atomic E-state index is 5.79. The second-order valence-electron chi connectivity index (χ2n) is 7.10. The van der Waals surface area contributed by atoms with Crippen molar-refractivity contribution in [1.82, 2.24) is 4.90 Å². The van der Waals surface area contributed by atoms with Gasteiger partial charge < -0.3 is 14.2 Å². The monoisotopic (exact) mass is 329 g/mol. The Morgan fingerprint density at radius 2 is 1.88 bits per heavy atom. The maximum Gasteiger partial charge on any atom is 0.161 e. The van der Waals surface area contributed by atoms with Crippen molar-refractivity contribution in [2.24, 2.45) is 0 Å². The number of benzene rings is 1. The summed E-state index contributed by atoms with van der Waals surface area (Å²) in [6.07, 6.45) is 8.35. The molecule has 0 aromatic heterocycles.